The molecule has 0 spiro atoms. The molecule has 3 aromatic rings. The molecule has 0 aliphatic carbocycles. The van der Waals surface area contributed by atoms with Crippen molar-refractivity contribution in [2.75, 3.05) is 12.3 Å². The van der Waals surface area contributed by atoms with Crippen molar-refractivity contribution in [3.8, 4) is 5.95 Å². The molecule has 0 unspecified atom stereocenters. The molecule has 0 atom stereocenters. The largest absolute Gasteiger partial charge is 1.00 e. The van der Waals surface area contributed by atoms with E-state index in [-0.39, 0.29) is 12.4 Å². The molecule has 0 aliphatic rings. The monoisotopic (exact) mass is 434 g/mol. The van der Waals surface area contributed by atoms with Gasteiger partial charge in [-0.2, -0.15) is 13.2 Å². The Morgan fingerprint density at radius 2 is 2.00 bits per heavy atom. The van der Waals surface area contributed by atoms with Crippen LogP contribution in [-0.4, -0.2) is 22.3 Å². The number of H-pyrrole nitrogens is 1. The van der Waals surface area contributed by atoms with E-state index in [9.17, 15) is 13.2 Å². The Hall–Kier alpha value is -1.42. The number of nitrogens with zero attached hydrogens (tertiary/aromatic N) is 2. The van der Waals surface area contributed by atoms with Crippen LogP contribution in [-0.2, 0) is 11.9 Å². The number of hydrogen-bond acceptors (Lipinski definition) is 4. The van der Waals surface area contributed by atoms with Crippen molar-refractivity contribution >= 4 is 32.6 Å². The third-order valence-corrected chi connectivity index (χ3v) is 6.15. The molecule has 0 aliphatic heterocycles. The number of nitrogens with two attached hydrogens (primary N) is 1. The predicted octanol–water partition coefficient (Wildman–Crippen LogP) is 1.01. The van der Waals surface area contributed by atoms with Crippen LogP contribution in [0.25, 0.3) is 17.0 Å². The average molecular weight is 435 g/mol. The van der Waals surface area contributed by atoms with Crippen LogP contribution in [0.5, 0.6) is 0 Å². The molecule has 27 heavy (non-hydrogen) atoms. The van der Waals surface area contributed by atoms with Crippen molar-refractivity contribution < 1.29 is 30.1 Å². The Kier molecular flexibility index (Phi) is 7.44. The Labute approximate surface area is 168 Å². The van der Waals surface area contributed by atoms with Crippen LogP contribution in [0.1, 0.15) is 16.8 Å². The van der Waals surface area contributed by atoms with Crippen molar-refractivity contribution in [1.82, 2.24) is 9.97 Å². The van der Waals surface area contributed by atoms with Gasteiger partial charge in [-0.3, -0.25) is 0 Å². The third kappa shape index (κ3) is 5.10. The third-order valence-electron chi connectivity index (χ3n) is 3.83. The quantitative estimate of drug-likeness (QED) is 0.345. The SMILES string of the molecule is Cc1ccc[n+](-c2nc3ccc(C(F)(F)F)cc3[nH]2)c1CSSCCN.[Cl-]. The Balaban J connectivity index is 0.00000261. The number of imidazole rings is 1. The zero-order valence-corrected chi connectivity index (χ0v) is 16.8. The lowest BCUT2D eigenvalue weighted by Gasteiger charge is -2.08. The number of hydrogen-bond donors (Lipinski definition) is 2. The van der Waals surface area contributed by atoms with Gasteiger partial charge in [0, 0.05) is 12.3 Å². The fraction of sp³-hybridized carbons (Fsp3) is 0.294. The summed E-state index contributed by atoms with van der Waals surface area (Å²) in [6.07, 6.45) is -2.52. The zero-order valence-electron chi connectivity index (χ0n) is 14.4. The molecule has 10 heteroatoms. The summed E-state index contributed by atoms with van der Waals surface area (Å²) in [7, 11) is 3.39. The fourth-order valence-corrected chi connectivity index (χ4v) is 4.53. The first-order chi connectivity index (χ1) is 12.4. The Bertz CT molecular complexity index is 915. The minimum absolute atomic E-state index is 0. The second-order valence-corrected chi connectivity index (χ2v) is 8.25. The molecule has 1 aromatic carbocycles. The molecule has 0 amide bonds. The molecule has 2 aromatic heterocycles. The van der Waals surface area contributed by atoms with Gasteiger partial charge in [0.05, 0.1) is 23.2 Å². The van der Waals surface area contributed by atoms with Gasteiger partial charge in [-0.1, -0.05) is 32.6 Å². The molecular formula is C17H18ClF3N4S2. The number of nitrogens with one attached hydrogen (secondary N) is 1. The van der Waals surface area contributed by atoms with E-state index in [0.717, 1.165) is 34.9 Å². The van der Waals surface area contributed by atoms with E-state index in [1.807, 2.05) is 29.8 Å². The second kappa shape index (κ2) is 9.18. The molecule has 4 nitrogen and oxygen atoms in total. The highest BCUT2D eigenvalue weighted by molar-refractivity contribution is 8.76. The second-order valence-electron chi connectivity index (χ2n) is 5.67. The molecule has 0 saturated carbocycles. The zero-order chi connectivity index (χ0) is 18.7. The standard InChI is InChI=1S/C17H18F3N4S2.ClH/c1-11-3-2-7-24(15(11)10-26-25-8-6-21)16-22-13-5-4-12(17(18,19)20)9-14(13)23-16;/h2-5,7,9H,6,8,10,21H2,1H3,(H,22,23);1H/q+1;/p-1. The summed E-state index contributed by atoms with van der Waals surface area (Å²) in [5.74, 6) is 2.10. The van der Waals surface area contributed by atoms with Crippen molar-refractivity contribution in [3.63, 3.8) is 0 Å². The molecular weight excluding hydrogens is 417 g/mol. The highest BCUT2D eigenvalue weighted by Gasteiger charge is 2.31. The van der Waals surface area contributed by atoms with Crippen LogP contribution >= 0.6 is 21.6 Å². The van der Waals surface area contributed by atoms with Gasteiger partial charge >= 0.3 is 12.1 Å². The molecule has 0 bridgehead atoms. The van der Waals surface area contributed by atoms with Crippen molar-refractivity contribution in [3.05, 3.63) is 53.3 Å². The lowest BCUT2D eigenvalue weighted by Crippen LogP contribution is -3.00. The number of aryl methyl sites for hydroxylation is 1. The fourth-order valence-electron chi connectivity index (χ4n) is 2.52. The molecule has 0 saturated heterocycles. The highest BCUT2D eigenvalue weighted by Crippen LogP contribution is 2.31. The molecule has 3 N–H and O–H groups in total. The summed E-state index contributed by atoms with van der Waals surface area (Å²) in [6, 6.07) is 7.43. The number of aromatic amines is 1. The first-order valence-corrected chi connectivity index (χ1v) is 10.4. The summed E-state index contributed by atoms with van der Waals surface area (Å²) in [5.41, 5.74) is 7.80. The molecule has 0 fully saturated rings. The van der Waals surface area contributed by atoms with Gasteiger partial charge < -0.3 is 18.1 Å². The van der Waals surface area contributed by atoms with Gasteiger partial charge in [0.2, 0.25) is 0 Å². The van der Waals surface area contributed by atoms with E-state index < -0.39 is 11.7 Å². The normalized spacial score (nSPS) is 11.6. The van der Waals surface area contributed by atoms with E-state index >= 15 is 0 Å². The van der Waals surface area contributed by atoms with E-state index in [1.54, 1.807) is 21.6 Å². The van der Waals surface area contributed by atoms with Crippen LogP contribution < -0.4 is 22.7 Å². The summed E-state index contributed by atoms with van der Waals surface area (Å²) in [6.45, 7) is 2.63. The number of fused-ring (bicyclic) bond motifs is 1. The maximum atomic E-state index is 12.9. The van der Waals surface area contributed by atoms with Gasteiger partial charge in [0.1, 0.15) is 5.52 Å². The molecule has 2 heterocycles. The van der Waals surface area contributed by atoms with Gasteiger partial charge in [-0.15, -0.1) is 0 Å². The number of rotatable bonds is 6. The van der Waals surface area contributed by atoms with Crippen LogP contribution in [0.2, 0.25) is 0 Å². The predicted molar refractivity (Wildman–Crippen MR) is 100 cm³/mol. The Morgan fingerprint density at radius 3 is 2.70 bits per heavy atom. The van der Waals surface area contributed by atoms with Crippen LogP contribution in [0.4, 0.5) is 13.2 Å². The van der Waals surface area contributed by atoms with Crippen molar-refractivity contribution in [1.29, 1.82) is 0 Å². The molecule has 146 valence electrons. The summed E-state index contributed by atoms with van der Waals surface area (Å²) in [4.78, 5) is 7.47. The number of halogens is 4. The smallest absolute Gasteiger partial charge is 0.416 e. The average Bonchev–Trinajstić information content (AvgIpc) is 3.02. The van der Waals surface area contributed by atoms with Crippen LogP contribution in [0, 0.1) is 6.92 Å². The number of pyridine rings is 1. The van der Waals surface area contributed by atoms with Crippen LogP contribution in [0.3, 0.4) is 0 Å². The van der Waals surface area contributed by atoms with E-state index in [0.29, 0.717) is 23.5 Å². The van der Waals surface area contributed by atoms with Gasteiger partial charge in [-0.25, -0.2) is 9.55 Å². The highest BCUT2D eigenvalue weighted by atomic mass is 35.5. The lowest BCUT2D eigenvalue weighted by atomic mass is 10.2. The van der Waals surface area contributed by atoms with Gasteiger partial charge in [-0.05, 0) is 36.8 Å². The lowest BCUT2D eigenvalue weighted by molar-refractivity contribution is -0.610. The first-order valence-electron chi connectivity index (χ1n) is 7.92. The summed E-state index contributed by atoms with van der Waals surface area (Å²) in [5, 5.41) is 0. The van der Waals surface area contributed by atoms with E-state index in [4.69, 9.17) is 5.73 Å². The molecule has 3 rings (SSSR count). The van der Waals surface area contributed by atoms with Crippen molar-refractivity contribution in [2.45, 2.75) is 18.9 Å². The Morgan fingerprint density at radius 1 is 1.22 bits per heavy atom. The van der Waals surface area contributed by atoms with E-state index in [1.165, 1.54) is 6.07 Å². The number of alkyl halides is 3. The first kappa shape index (κ1) is 21.9. The summed E-state index contributed by atoms with van der Waals surface area (Å²) < 4.78 is 40.6. The number of aromatic nitrogens is 3. The van der Waals surface area contributed by atoms with Gasteiger partial charge in [0.25, 0.3) is 0 Å². The van der Waals surface area contributed by atoms with E-state index in [2.05, 4.69) is 9.97 Å². The minimum atomic E-state index is -4.38. The van der Waals surface area contributed by atoms with Crippen LogP contribution in [0.15, 0.2) is 36.5 Å². The molecule has 0 radical (unpaired) electrons. The van der Waals surface area contributed by atoms with Gasteiger partial charge in [0.15, 0.2) is 5.52 Å². The minimum Gasteiger partial charge on any atom is -1.00 e. The van der Waals surface area contributed by atoms with Crippen molar-refractivity contribution in [2.24, 2.45) is 5.73 Å². The topological polar surface area (TPSA) is 58.6 Å². The summed E-state index contributed by atoms with van der Waals surface area (Å²) >= 11 is 0. The number of benzene rings is 1. The maximum Gasteiger partial charge on any atom is 0.416 e. The maximum absolute atomic E-state index is 12.9.